The van der Waals surface area contributed by atoms with Crippen LogP contribution in [0.25, 0.3) is 5.52 Å². The summed E-state index contributed by atoms with van der Waals surface area (Å²) in [4.78, 5) is 22.9. The fourth-order valence-corrected chi connectivity index (χ4v) is 4.84. The number of amides is 1. The van der Waals surface area contributed by atoms with Crippen LogP contribution in [-0.4, -0.2) is 58.1 Å². The summed E-state index contributed by atoms with van der Waals surface area (Å²) in [6, 6.07) is 3.87. The van der Waals surface area contributed by atoms with Gasteiger partial charge in [0.1, 0.15) is 11.8 Å². The summed E-state index contributed by atoms with van der Waals surface area (Å²) in [5.74, 6) is -0.282. The second kappa shape index (κ2) is 7.93. The first-order valence-electron chi connectivity index (χ1n) is 11.1. The van der Waals surface area contributed by atoms with Crippen LogP contribution < -0.4 is 0 Å². The standard InChI is InChI=1S/C23H21F2N9O/c1-12-14(10-32(2)30-12)16-8-18(29-28-16)23(35)33-7-5-15-20(27-11-26-15)21(33)17-9-19-13(22(24)25)4-3-6-34(19)31-17/h3-4,6,9-11,21-22H,5,7-8H2,1-2H3,(H,26,27)/t21-/m0/s1. The highest BCUT2D eigenvalue weighted by Gasteiger charge is 2.38. The van der Waals surface area contributed by atoms with Gasteiger partial charge in [0, 0.05) is 55.6 Å². The van der Waals surface area contributed by atoms with Crippen LogP contribution in [0.3, 0.4) is 0 Å². The number of hydrogen-bond acceptors (Lipinski definition) is 6. The Kier molecular flexibility index (Phi) is 4.83. The maximum atomic E-state index is 13.7. The van der Waals surface area contributed by atoms with E-state index in [0.717, 1.165) is 17.0 Å². The first-order chi connectivity index (χ1) is 16.9. The maximum absolute atomic E-state index is 13.7. The molecule has 0 radical (unpaired) electrons. The molecular formula is C23H21F2N9O. The highest BCUT2D eigenvalue weighted by atomic mass is 19.3. The molecule has 35 heavy (non-hydrogen) atoms. The lowest BCUT2D eigenvalue weighted by Gasteiger charge is -2.33. The summed E-state index contributed by atoms with van der Waals surface area (Å²) in [5.41, 5.74) is 4.83. The summed E-state index contributed by atoms with van der Waals surface area (Å²) in [6.45, 7) is 2.28. The number of carbonyl (C=O) groups is 1. The van der Waals surface area contributed by atoms with E-state index in [1.54, 1.807) is 28.2 Å². The largest absolute Gasteiger partial charge is 0.348 e. The second-order valence-corrected chi connectivity index (χ2v) is 8.65. The molecule has 2 aliphatic rings. The first kappa shape index (κ1) is 21.3. The van der Waals surface area contributed by atoms with Gasteiger partial charge < -0.3 is 9.88 Å². The number of hydrogen-bond donors (Lipinski definition) is 1. The number of aryl methyl sites for hydroxylation is 2. The van der Waals surface area contributed by atoms with Gasteiger partial charge in [-0.2, -0.15) is 15.3 Å². The Bertz CT molecular complexity index is 1530. The van der Waals surface area contributed by atoms with Crippen molar-refractivity contribution in [1.29, 1.82) is 0 Å². The van der Waals surface area contributed by atoms with Crippen molar-refractivity contribution in [2.75, 3.05) is 6.54 Å². The van der Waals surface area contributed by atoms with Crippen molar-refractivity contribution in [3.05, 3.63) is 70.8 Å². The van der Waals surface area contributed by atoms with Gasteiger partial charge in [0.15, 0.2) is 0 Å². The molecule has 0 aliphatic carbocycles. The van der Waals surface area contributed by atoms with E-state index < -0.39 is 12.5 Å². The molecule has 0 aromatic carbocycles. The van der Waals surface area contributed by atoms with Gasteiger partial charge >= 0.3 is 0 Å². The Hall–Kier alpha value is -4.22. The van der Waals surface area contributed by atoms with Gasteiger partial charge in [-0.1, -0.05) is 0 Å². The summed E-state index contributed by atoms with van der Waals surface area (Å²) < 4.78 is 30.3. The number of imidazole rings is 1. The lowest BCUT2D eigenvalue weighted by Crippen LogP contribution is -2.44. The molecule has 0 spiro atoms. The number of H-pyrrole nitrogens is 1. The van der Waals surface area contributed by atoms with Gasteiger partial charge in [-0.15, -0.1) is 5.10 Å². The molecule has 2 aliphatic heterocycles. The molecule has 1 atom stereocenters. The van der Waals surface area contributed by atoms with Crippen molar-refractivity contribution in [3.63, 3.8) is 0 Å². The van der Waals surface area contributed by atoms with E-state index in [1.165, 1.54) is 16.6 Å². The Labute approximate surface area is 198 Å². The lowest BCUT2D eigenvalue weighted by molar-refractivity contribution is -0.126. The average Bonchev–Trinajstić information content (AvgIpc) is 3.62. The molecule has 178 valence electrons. The molecule has 0 saturated carbocycles. The number of halogens is 2. The van der Waals surface area contributed by atoms with Gasteiger partial charge in [0.25, 0.3) is 12.3 Å². The van der Waals surface area contributed by atoms with Crippen molar-refractivity contribution in [3.8, 4) is 0 Å². The van der Waals surface area contributed by atoms with Crippen LogP contribution in [0.4, 0.5) is 8.78 Å². The van der Waals surface area contributed by atoms with Crippen LogP contribution in [0, 0.1) is 6.92 Å². The van der Waals surface area contributed by atoms with Crippen LogP contribution in [0.1, 0.15) is 52.8 Å². The zero-order valence-electron chi connectivity index (χ0n) is 19.0. The zero-order valence-corrected chi connectivity index (χ0v) is 19.0. The second-order valence-electron chi connectivity index (χ2n) is 8.65. The van der Waals surface area contributed by atoms with Crippen molar-refractivity contribution in [1.82, 2.24) is 34.3 Å². The molecule has 12 heteroatoms. The third-order valence-corrected chi connectivity index (χ3v) is 6.45. The Balaban J connectivity index is 1.35. The van der Waals surface area contributed by atoms with E-state index in [4.69, 9.17) is 0 Å². The van der Waals surface area contributed by atoms with E-state index in [0.29, 0.717) is 41.3 Å². The minimum absolute atomic E-state index is 0.118. The Morgan fingerprint density at radius 2 is 2.11 bits per heavy atom. The van der Waals surface area contributed by atoms with Crippen LogP contribution in [0.5, 0.6) is 0 Å². The molecule has 10 nitrogen and oxygen atoms in total. The monoisotopic (exact) mass is 477 g/mol. The molecule has 4 aromatic heterocycles. The molecule has 0 fully saturated rings. The quantitative estimate of drug-likeness (QED) is 0.488. The molecule has 0 saturated heterocycles. The molecular weight excluding hydrogens is 456 g/mol. The number of rotatable bonds is 4. The van der Waals surface area contributed by atoms with Crippen molar-refractivity contribution >= 4 is 22.8 Å². The number of fused-ring (bicyclic) bond motifs is 2. The van der Waals surface area contributed by atoms with Crippen LogP contribution in [0.2, 0.25) is 0 Å². The van der Waals surface area contributed by atoms with E-state index in [9.17, 15) is 13.6 Å². The third-order valence-electron chi connectivity index (χ3n) is 6.45. The number of aromatic nitrogens is 6. The topological polar surface area (TPSA) is 109 Å². The normalized spacial score (nSPS) is 17.7. The first-order valence-corrected chi connectivity index (χ1v) is 11.1. The van der Waals surface area contributed by atoms with E-state index in [-0.39, 0.29) is 17.9 Å². The molecule has 4 aromatic rings. The molecule has 1 N–H and O–H groups in total. The molecule has 0 bridgehead atoms. The van der Waals surface area contributed by atoms with E-state index >= 15 is 0 Å². The number of alkyl halides is 2. The minimum Gasteiger partial charge on any atom is -0.348 e. The Morgan fingerprint density at radius 3 is 2.89 bits per heavy atom. The lowest BCUT2D eigenvalue weighted by atomic mass is 9.98. The van der Waals surface area contributed by atoms with E-state index in [1.807, 2.05) is 20.2 Å². The highest BCUT2D eigenvalue weighted by Crippen LogP contribution is 2.35. The predicted molar refractivity (Wildman–Crippen MR) is 123 cm³/mol. The zero-order chi connectivity index (χ0) is 24.3. The van der Waals surface area contributed by atoms with Gasteiger partial charge in [-0.3, -0.25) is 9.48 Å². The molecule has 1 amide bonds. The van der Waals surface area contributed by atoms with Gasteiger partial charge in [-0.25, -0.2) is 18.3 Å². The predicted octanol–water partition coefficient (Wildman–Crippen LogP) is 2.76. The van der Waals surface area contributed by atoms with Crippen LogP contribution >= 0.6 is 0 Å². The fraction of sp³-hybridized carbons (Fsp3) is 0.304. The average molecular weight is 477 g/mol. The SMILES string of the molecule is Cc1nn(C)cc1C1=NN=C(C(=O)N2CCc3[nH]cnc3[C@@H]2c2cc3c(C(F)F)cccn3n2)C1. The van der Waals surface area contributed by atoms with Crippen LogP contribution in [0.15, 0.2) is 47.1 Å². The summed E-state index contributed by atoms with van der Waals surface area (Å²) in [5, 5.41) is 17.3. The summed E-state index contributed by atoms with van der Waals surface area (Å²) in [6.07, 6.45) is 3.26. The van der Waals surface area contributed by atoms with Gasteiger partial charge in [0.05, 0.1) is 34.6 Å². The number of carbonyl (C=O) groups excluding carboxylic acids is 1. The number of nitrogens with one attached hydrogen (secondary N) is 1. The van der Waals surface area contributed by atoms with Crippen molar-refractivity contribution in [2.45, 2.75) is 32.2 Å². The number of pyridine rings is 1. The summed E-state index contributed by atoms with van der Waals surface area (Å²) >= 11 is 0. The van der Waals surface area contributed by atoms with Crippen LogP contribution in [-0.2, 0) is 18.3 Å². The fourth-order valence-electron chi connectivity index (χ4n) is 4.84. The molecule has 6 rings (SSSR count). The van der Waals surface area contributed by atoms with E-state index in [2.05, 4.69) is 30.4 Å². The van der Waals surface area contributed by atoms with Gasteiger partial charge in [0.2, 0.25) is 0 Å². The summed E-state index contributed by atoms with van der Waals surface area (Å²) in [7, 11) is 1.83. The third kappa shape index (κ3) is 3.44. The molecule has 0 unspecified atom stereocenters. The molecule has 6 heterocycles. The number of aromatic amines is 1. The smallest absolute Gasteiger partial charge is 0.271 e. The van der Waals surface area contributed by atoms with Gasteiger partial charge in [-0.05, 0) is 25.1 Å². The number of nitrogens with zero attached hydrogens (tertiary/aromatic N) is 8. The van der Waals surface area contributed by atoms with Crippen molar-refractivity contribution < 1.29 is 13.6 Å². The minimum atomic E-state index is -2.65. The Morgan fingerprint density at radius 1 is 1.26 bits per heavy atom. The van der Waals surface area contributed by atoms with Crippen molar-refractivity contribution in [2.24, 2.45) is 17.3 Å². The highest BCUT2D eigenvalue weighted by molar-refractivity contribution is 6.44. The maximum Gasteiger partial charge on any atom is 0.271 e.